The van der Waals surface area contributed by atoms with Crippen molar-refractivity contribution in [1.29, 1.82) is 0 Å². The van der Waals surface area contributed by atoms with Gasteiger partial charge < -0.3 is 9.79 Å². The van der Waals surface area contributed by atoms with E-state index >= 15 is 0 Å². The summed E-state index contributed by atoms with van der Waals surface area (Å²) in [5.41, 5.74) is 0. The van der Waals surface area contributed by atoms with Crippen LogP contribution in [0.15, 0.2) is 0 Å². The van der Waals surface area contributed by atoms with E-state index in [-0.39, 0.29) is 29.6 Å². The van der Waals surface area contributed by atoms with Gasteiger partial charge in [0.15, 0.2) is 0 Å². The standard InChI is InChI=1S/F2HO4P.FH2O4P.Na.H/c1-5-7(3,4)6-2;1-5-6(2,3)4;;/h(H,3,4);(H2,2,3,4);;. The Labute approximate surface area is 96.8 Å². The van der Waals surface area contributed by atoms with E-state index in [0.717, 1.165) is 0 Å². The van der Waals surface area contributed by atoms with Gasteiger partial charge in [0.05, 0.1) is 0 Å². The van der Waals surface area contributed by atoms with Crippen LogP contribution in [0, 0.1) is 0 Å². The zero-order valence-electron chi connectivity index (χ0n) is 5.41. The van der Waals surface area contributed by atoms with Crippen LogP contribution in [0.4, 0.5) is 13.6 Å². The first kappa shape index (κ1) is 20.4. The van der Waals surface area contributed by atoms with Gasteiger partial charge in [0.25, 0.3) is 0 Å². The molecule has 0 aromatic rings. The van der Waals surface area contributed by atoms with E-state index in [1.54, 1.807) is 0 Å². The second-order valence-electron chi connectivity index (χ2n) is 1.17. The summed E-state index contributed by atoms with van der Waals surface area (Å²) in [7, 11) is -9.80. The molecule has 14 heteroatoms. The van der Waals surface area contributed by atoms with Crippen LogP contribution < -0.4 is 0 Å². The number of hydrogen-bond acceptors (Lipinski definition) is 5. The fraction of sp³-hybridized carbons (Fsp3) is 0. The topological polar surface area (TPSA) is 123 Å². The van der Waals surface area contributed by atoms with Crippen molar-refractivity contribution < 1.29 is 51.6 Å². The van der Waals surface area contributed by atoms with Crippen molar-refractivity contribution in [3.8, 4) is 0 Å². The predicted octanol–water partition coefficient (Wildman–Crippen LogP) is 0.221. The fourth-order valence-electron chi connectivity index (χ4n) is 0.0106. The van der Waals surface area contributed by atoms with Crippen molar-refractivity contribution in [1.82, 2.24) is 0 Å². The molecule has 0 spiro atoms. The number of rotatable bonds is 3. The van der Waals surface area contributed by atoms with Gasteiger partial charge in [-0.05, 0) is 13.6 Å². The SMILES string of the molecule is O=P(O)(O)OF.O=P(O)(OF)OF.[NaH]. The zero-order valence-corrected chi connectivity index (χ0v) is 7.20. The van der Waals surface area contributed by atoms with Crippen molar-refractivity contribution in [2.24, 2.45) is 0 Å². The summed E-state index contributed by atoms with van der Waals surface area (Å²) >= 11 is 0. The summed E-state index contributed by atoms with van der Waals surface area (Å²) in [5, 5.41) is 0. The number of halogens is 3. The molecule has 0 aliphatic rings. The van der Waals surface area contributed by atoms with Crippen LogP contribution in [-0.2, 0) is 23.3 Å². The number of phosphoric acid groups is 2. The van der Waals surface area contributed by atoms with Gasteiger partial charge in [0, 0.05) is 0 Å². The minimum atomic E-state index is -4.99. The molecule has 3 N–H and O–H groups in total. The van der Waals surface area contributed by atoms with Gasteiger partial charge in [-0.25, -0.2) is 9.13 Å². The van der Waals surface area contributed by atoms with Crippen LogP contribution in [0.25, 0.3) is 0 Å². The molecule has 84 valence electrons. The van der Waals surface area contributed by atoms with Crippen LogP contribution in [0.2, 0.25) is 0 Å². The monoisotopic (exact) mass is 274 g/mol. The third-order valence-corrected chi connectivity index (χ3v) is 0.793. The van der Waals surface area contributed by atoms with Gasteiger partial charge in [0.2, 0.25) is 0 Å². The first-order valence-corrected chi connectivity index (χ1v) is 5.00. The molecule has 0 aliphatic heterocycles. The Morgan fingerprint density at radius 1 is 0.857 bits per heavy atom. The van der Waals surface area contributed by atoms with Crippen molar-refractivity contribution in [2.75, 3.05) is 0 Å². The molecule has 0 saturated carbocycles. The molecule has 0 atom stereocenters. The summed E-state index contributed by atoms with van der Waals surface area (Å²) in [6, 6.07) is 0. The Bertz CT molecular complexity index is 205. The van der Waals surface area contributed by atoms with Crippen LogP contribution >= 0.6 is 15.6 Å². The molecule has 8 nitrogen and oxygen atoms in total. The van der Waals surface area contributed by atoms with Gasteiger partial charge in [-0.3, -0.25) is 4.89 Å². The molecule has 0 heterocycles. The first-order chi connectivity index (χ1) is 5.68. The van der Waals surface area contributed by atoms with Gasteiger partial charge in [-0.15, -0.1) is 0 Å². The van der Waals surface area contributed by atoms with Crippen LogP contribution in [0.5, 0.6) is 0 Å². The first-order valence-electron chi connectivity index (χ1n) is 1.98. The van der Waals surface area contributed by atoms with Crippen LogP contribution in [-0.4, -0.2) is 44.2 Å². The summed E-state index contributed by atoms with van der Waals surface area (Å²) in [5.74, 6) is 0. The summed E-state index contributed by atoms with van der Waals surface area (Å²) in [6.45, 7) is 0. The normalized spacial score (nSPS) is 11.0. The van der Waals surface area contributed by atoms with Gasteiger partial charge >= 0.3 is 45.2 Å². The average molecular weight is 274 g/mol. The van der Waals surface area contributed by atoms with E-state index in [2.05, 4.69) is 14.2 Å². The molecule has 0 aromatic carbocycles. The minimum absolute atomic E-state index is 0. The van der Waals surface area contributed by atoms with E-state index in [1.165, 1.54) is 0 Å². The van der Waals surface area contributed by atoms with Crippen molar-refractivity contribution in [3.05, 3.63) is 0 Å². The summed E-state index contributed by atoms with van der Waals surface area (Å²) in [4.78, 5) is 22.2. The molecule has 0 aromatic heterocycles. The summed E-state index contributed by atoms with van der Waals surface area (Å²) in [6.07, 6.45) is 0. The van der Waals surface area contributed by atoms with Crippen LogP contribution in [0.3, 0.4) is 0 Å². The molecule has 0 radical (unpaired) electrons. The Balaban J connectivity index is -0.000000163. The number of hydrogen-bond donors (Lipinski definition) is 3. The Hall–Kier alpha value is 1.01. The third-order valence-electron chi connectivity index (χ3n) is 0.264. The van der Waals surface area contributed by atoms with Crippen molar-refractivity contribution in [2.45, 2.75) is 0 Å². The Morgan fingerprint density at radius 3 is 1.07 bits per heavy atom. The molecule has 0 aliphatic carbocycles. The van der Waals surface area contributed by atoms with E-state index in [4.69, 9.17) is 19.2 Å². The summed E-state index contributed by atoms with van der Waals surface area (Å²) < 4.78 is 55.7. The van der Waals surface area contributed by atoms with Gasteiger partial charge in [-0.1, -0.05) is 14.2 Å². The fourth-order valence-corrected chi connectivity index (χ4v) is 0.0319. The van der Waals surface area contributed by atoms with Crippen LogP contribution in [0.1, 0.15) is 0 Å². The van der Waals surface area contributed by atoms with E-state index < -0.39 is 15.6 Å². The van der Waals surface area contributed by atoms with E-state index in [1.807, 2.05) is 0 Å². The molecule has 14 heavy (non-hydrogen) atoms. The van der Waals surface area contributed by atoms with Gasteiger partial charge in [0.1, 0.15) is 0 Å². The molecular weight excluding hydrogens is 270 g/mol. The maximum atomic E-state index is 10.4. The second-order valence-corrected chi connectivity index (χ2v) is 3.50. The van der Waals surface area contributed by atoms with Crippen molar-refractivity contribution >= 4 is 45.2 Å². The molecular formula is H4F3NaO8P2. The molecule has 0 bridgehead atoms. The maximum absolute atomic E-state index is 10.4. The predicted molar refractivity (Wildman–Crippen MR) is 35.6 cm³/mol. The van der Waals surface area contributed by atoms with E-state index in [9.17, 15) is 18.1 Å². The third kappa shape index (κ3) is 18.7. The molecule has 0 saturated heterocycles. The zero-order chi connectivity index (χ0) is 11.1. The quantitative estimate of drug-likeness (QED) is 0.493. The Kier molecular flexibility index (Phi) is 13.5. The molecule has 0 amide bonds. The second kappa shape index (κ2) is 9.25. The van der Waals surface area contributed by atoms with Gasteiger partial charge in [-0.2, -0.15) is 0 Å². The molecule has 0 rings (SSSR count). The van der Waals surface area contributed by atoms with Crippen molar-refractivity contribution in [3.63, 3.8) is 0 Å². The average Bonchev–Trinajstić information content (AvgIpc) is 2.04. The Morgan fingerprint density at radius 2 is 1.07 bits per heavy atom. The molecule has 0 fully saturated rings. The van der Waals surface area contributed by atoms with E-state index in [0.29, 0.717) is 0 Å². The molecule has 0 unspecified atom stereocenters.